The molecule has 78 valence electrons. The third kappa shape index (κ3) is 1.61. The lowest BCUT2D eigenvalue weighted by atomic mass is 10.1. The van der Waals surface area contributed by atoms with E-state index in [4.69, 9.17) is 5.73 Å². The van der Waals surface area contributed by atoms with E-state index in [1.165, 1.54) is 10.7 Å². The van der Waals surface area contributed by atoms with Gasteiger partial charge in [0, 0.05) is 19.2 Å². The molecule has 1 aromatic heterocycles. The summed E-state index contributed by atoms with van der Waals surface area (Å²) in [5.41, 5.74) is 7.22. The van der Waals surface area contributed by atoms with Gasteiger partial charge in [-0.1, -0.05) is 17.3 Å². The van der Waals surface area contributed by atoms with Gasteiger partial charge < -0.3 is 5.73 Å². The molecule has 0 bridgehead atoms. The molecule has 0 spiro atoms. The van der Waals surface area contributed by atoms with E-state index in [1.807, 2.05) is 0 Å². The number of nitrogens with zero attached hydrogens (tertiary/aromatic N) is 3. The average molecular weight is 206 g/mol. The van der Waals surface area contributed by atoms with E-state index in [9.17, 15) is 4.39 Å². The van der Waals surface area contributed by atoms with E-state index in [0.717, 1.165) is 0 Å². The van der Waals surface area contributed by atoms with Crippen LogP contribution in [-0.2, 0) is 13.6 Å². The largest absolute Gasteiger partial charge is 0.325 e. The van der Waals surface area contributed by atoms with E-state index in [1.54, 1.807) is 25.2 Å². The van der Waals surface area contributed by atoms with Crippen LogP contribution in [0.2, 0.25) is 0 Å². The van der Waals surface area contributed by atoms with Gasteiger partial charge in [-0.05, 0) is 12.1 Å². The smallest absolute Gasteiger partial charge is 0.132 e. The highest BCUT2D eigenvalue weighted by atomic mass is 19.1. The maximum atomic E-state index is 13.5. The fourth-order valence-corrected chi connectivity index (χ4v) is 1.52. The molecule has 0 aliphatic rings. The highest BCUT2D eigenvalue weighted by molar-refractivity contribution is 5.62. The summed E-state index contributed by atoms with van der Waals surface area (Å²) in [5.74, 6) is -0.294. The van der Waals surface area contributed by atoms with Crippen molar-refractivity contribution in [3.05, 3.63) is 35.8 Å². The van der Waals surface area contributed by atoms with Crippen LogP contribution in [-0.4, -0.2) is 15.0 Å². The van der Waals surface area contributed by atoms with E-state index in [2.05, 4.69) is 10.3 Å². The zero-order chi connectivity index (χ0) is 10.8. The molecule has 15 heavy (non-hydrogen) atoms. The molecule has 2 aromatic rings. The monoisotopic (exact) mass is 206 g/mol. The Morgan fingerprint density at radius 2 is 2.13 bits per heavy atom. The number of hydrogen-bond acceptors (Lipinski definition) is 3. The molecule has 0 radical (unpaired) electrons. The lowest BCUT2D eigenvalue weighted by Crippen LogP contribution is -2.01. The lowest BCUT2D eigenvalue weighted by Gasteiger charge is -2.04. The Hall–Kier alpha value is -1.75. The van der Waals surface area contributed by atoms with Crippen LogP contribution in [0.25, 0.3) is 11.3 Å². The third-order valence-corrected chi connectivity index (χ3v) is 2.22. The normalized spacial score (nSPS) is 10.6. The minimum absolute atomic E-state index is 0.248. The van der Waals surface area contributed by atoms with Gasteiger partial charge in [0.05, 0.1) is 5.69 Å². The molecule has 2 rings (SSSR count). The zero-order valence-corrected chi connectivity index (χ0v) is 8.31. The molecule has 0 unspecified atom stereocenters. The van der Waals surface area contributed by atoms with Crippen LogP contribution in [0.4, 0.5) is 4.39 Å². The van der Waals surface area contributed by atoms with Crippen molar-refractivity contribution in [2.75, 3.05) is 0 Å². The minimum Gasteiger partial charge on any atom is -0.325 e. The van der Waals surface area contributed by atoms with Crippen LogP contribution in [0.3, 0.4) is 0 Å². The summed E-state index contributed by atoms with van der Waals surface area (Å²) in [5, 5.41) is 7.70. The van der Waals surface area contributed by atoms with Gasteiger partial charge in [-0.2, -0.15) is 0 Å². The molecule has 1 aromatic carbocycles. The van der Waals surface area contributed by atoms with Crippen molar-refractivity contribution in [2.45, 2.75) is 6.54 Å². The van der Waals surface area contributed by atoms with Gasteiger partial charge >= 0.3 is 0 Å². The van der Waals surface area contributed by atoms with Crippen molar-refractivity contribution < 1.29 is 4.39 Å². The second-order valence-electron chi connectivity index (χ2n) is 3.19. The van der Waals surface area contributed by atoms with Gasteiger partial charge in [0.2, 0.25) is 0 Å². The molecule has 0 aliphatic heterocycles. The Balaban J connectivity index is 2.63. The van der Waals surface area contributed by atoms with E-state index in [-0.39, 0.29) is 12.4 Å². The summed E-state index contributed by atoms with van der Waals surface area (Å²) < 4.78 is 15.1. The Labute approximate surface area is 86.5 Å². The molecule has 0 saturated heterocycles. The Bertz CT molecular complexity index is 478. The topological polar surface area (TPSA) is 56.7 Å². The third-order valence-electron chi connectivity index (χ3n) is 2.22. The van der Waals surface area contributed by atoms with Crippen molar-refractivity contribution >= 4 is 0 Å². The number of nitrogens with two attached hydrogens (primary N) is 1. The Kier molecular flexibility index (Phi) is 2.47. The first-order chi connectivity index (χ1) is 7.24. The predicted octanol–water partition coefficient (Wildman–Crippen LogP) is 1.08. The van der Waals surface area contributed by atoms with Gasteiger partial charge in [0.1, 0.15) is 11.5 Å². The summed E-state index contributed by atoms with van der Waals surface area (Å²) >= 11 is 0. The molecule has 2 N–H and O–H groups in total. The molecule has 0 amide bonds. The second kappa shape index (κ2) is 3.78. The Morgan fingerprint density at radius 1 is 1.40 bits per heavy atom. The number of aryl methyl sites for hydroxylation is 1. The van der Waals surface area contributed by atoms with E-state index < -0.39 is 0 Å². The van der Waals surface area contributed by atoms with E-state index in [0.29, 0.717) is 17.0 Å². The number of halogens is 1. The summed E-state index contributed by atoms with van der Waals surface area (Å²) in [7, 11) is 1.72. The molecule has 4 nitrogen and oxygen atoms in total. The first-order valence-corrected chi connectivity index (χ1v) is 4.57. The van der Waals surface area contributed by atoms with Crippen molar-refractivity contribution in [1.82, 2.24) is 15.0 Å². The summed E-state index contributed by atoms with van der Waals surface area (Å²) in [6.45, 7) is 0.248. The lowest BCUT2D eigenvalue weighted by molar-refractivity contribution is 0.627. The van der Waals surface area contributed by atoms with Gasteiger partial charge in [0.25, 0.3) is 0 Å². The van der Waals surface area contributed by atoms with Crippen LogP contribution in [0.5, 0.6) is 0 Å². The molecular formula is C10H11FN4. The van der Waals surface area contributed by atoms with Crippen molar-refractivity contribution in [3.63, 3.8) is 0 Å². The molecule has 0 aliphatic carbocycles. The van der Waals surface area contributed by atoms with Crippen LogP contribution in [0.15, 0.2) is 24.3 Å². The Morgan fingerprint density at radius 3 is 2.80 bits per heavy atom. The van der Waals surface area contributed by atoms with E-state index >= 15 is 0 Å². The minimum atomic E-state index is -0.294. The van der Waals surface area contributed by atoms with Crippen LogP contribution < -0.4 is 5.73 Å². The molecule has 1 heterocycles. The first kappa shape index (κ1) is 9.79. The summed E-state index contributed by atoms with van der Waals surface area (Å²) in [6, 6.07) is 6.51. The highest BCUT2D eigenvalue weighted by Crippen LogP contribution is 2.23. The number of hydrogen-bond donors (Lipinski definition) is 1. The van der Waals surface area contributed by atoms with Crippen molar-refractivity contribution in [3.8, 4) is 11.3 Å². The van der Waals surface area contributed by atoms with Crippen LogP contribution in [0.1, 0.15) is 5.69 Å². The van der Waals surface area contributed by atoms with Crippen molar-refractivity contribution in [2.24, 2.45) is 12.8 Å². The van der Waals surface area contributed by atoms with Crippen LogP contribution in [0, 0.1) is 5.82 Å². The van der Waals surface area contributed by atoms with Gasteiger partial charge in [-0.3, -0.25) is 0 Å². The fraction of sp³-hybridized carbons (Fsp3) is 0.200. The number of aromatic nitrogens is 3. The quantitative estimate of drug-likeness (QED) is 0.799. The molecule has 5 heteroatoms. The molecular weight excluding hydrogens is 195 g/mol. The van der Waals surface area contributed by atoms with Gasteiger partial charge in [0.15, 0.2) is 0 Å². The number of rotatable bonds is 2. The van der Waals surface area contributed by atoms with Gasteiger partial charge in [-0.25, -0.2) is 9.07 Å². The number of benzene rings is 1. The predicted molar refractivity (Wildman–Crippen MR) is 54.3 cm³/mol. The highest BCUT2D eigenvalue weighted by Gasteiger charge is 2.14. The summed E-state index contributed by atoms with van der Waals surface area (Å²) in [4.78, 5) is 0. The van der Waals surface area contributed by atoms with Crippen molar-refractivity contribution in [1.29, 1.82) is 0 Å². The zero-order valence-electron chi connectivity index (χ0n) is 8.31. The molecule has 0 fully saturated rings. The standard InChI is InChI=1S/C10H11FN4/c1-15-10(9(6-12)13-14-15)7-4-2-3-5-8(7)11/h2-5H,6,12H2,1H3. The van der Waals surface area contributed by atoms with Gasteiger partial charge in [-0.15, -0.1) is 5.10 Å². The SMILES string of the molecule is Cn1nnc(CN)c1-c1ccccc1F. The first-order valence-electron chi connectivity index (χ1n) is 4.57. The summed E-state index contributed by atoms with van der Waals surface area (Å²) in [6.07, 6.45) is 0. The maximum absolute atomic E-state index is 13.5. The molecule has 0 atom stereocenters. The molecule has 0 saturated carbocycles. The fourth-order valence-electron chi connectivity index (χ4n) is 1.52. The maximum Gasteiger partial charge on any atom is 0.132 e. The van der Waals surface area contributed by atoms with Crippen LogP contribution >= 0.6 is 0 Å². The average Bonchev–Trinajstić information content (AvgIpc) is 2.60. The second-order valence-corrected chi connectivity index (χ2v) is 3.19.